The Kier molecular flexibility index (Phi) is 8.42. The third kappa shape index (κ3) is 6.81. The van der Waals surface area contributed by atoms with Gasteiger partial charge < -0.3 is 24.8 Å². The average Bonchev–Trinajstić information content (AvgIpc) is 3.11. The maximum absolute atomic E-state index is 11.5. The Morgan fingerprint density at radius 1 is 0.966 bits per heavy atom. The number of hydrogen-bond acceptors (Lipinski definition) is 6. The van der Waals surface area contributed by atoms with Crippen molar-refractivity contribution in [2.24, 2.45) is 0 Å². The van der Waals surface area contributed by atoms with Crippen molar-refractivity contribution in [1.29, 1.82) is 0 Å². The van der Waals surface area contributed by atoms with Crippen molar-refractivity contribution < 1.29 is 19.0 Å². The van der Waals surface area contributed by atoms with Gasteiger partial charge in [0.1, 0.15) is 5.82 Å². The zero-order valence-corrected chi connectivity index (χ0v) is 16.9. The van der Waals surface area contributed by atoms with Gasteiger partial charge >= 0.3 is 0 Å². The summed E-state index contributed by atoms with van der Waals surface area (Å²) in [5, 5.41) is 6.13. The molecule has 0 aliphatic carbocycles. The first-order valence-electron chi connectivity index (χ1n) is 10.1. The molecule has 156 valence electrons. The first-order valence-corrected chi connectivity index (χ1v) is 10.1. The van der Waals surface area contributed by atoms with Crippen LogP contribution in [-0.2, 0) is 25.4 Å². The number of pyridine rings is 1. The lowest BCUT2D eigenvalue weighted by Gasteiger charge is -2.09. The monoisotopic (exact) mass is 399 g/mol. The van der Waals surface area contributed by atoms with E-state index in [4.69, 9.17) is 14.2 Å². The number of nitrogens with zero attached hydrogens (tertiary/aromatic N) is 1. The summed E-state index contributed by atoms with van der Waals surface area (Å²) in [6, 6.07) is 10.00. The van der Waals surface area contributed by atoms with E-state index in [1.807, 2.05) is 24.3 Å². The molecule has 0 spiro atoms. The number of ether oxygens (including phenoxy) is 3. The normalized spacial score (nSPS) is 12.7. The zero-order valence-electron chi connectivity index (χ0n) is 16.9. The van der Waals surface area contributed by atoms with Gasteiger partial charge in [0, 0.05) is 25.0 Å². The summed E-state index contributed by atoms with van der Waals surface area (Å²) in [5.41, 5.74) is 4.07. The van der Waals surface area contributed by atoms with Crippen molar-refractivity contribution in [3.05, 3.63) is 42.1 Å². The minimum absolute atomic E-state index is 0.0458. The smallest absolute Gasteiger partial charge is 0.228 e. The minimum atomic E-state index is 0.0458. The Morgan fingerprint density at radius 3 is 2.48 bits per heavy atom. The molecular weight excluding hydrogens is 370 g/mol. The molecule has 2 heterocycles. The third-order valence-corrected chi connectivity index (χ3v) is 4.47. The van der Waals surface area contributed by atoms with E-state index in [9.17, 15) is 4.79 Å². The van der Waals surface area contributed by atoms with E-state index in [-0.39, 0.29) is 5.91 Å². The van der Waals surface area contributed by atoms with Crippen molar-refractivity contribution >= 4 is 17.4 Å². The molecule has 0 unspecified atom stereocenters. The predicted molar refractivity (Wildman–Crippen MR) is 113 cm³/mol. The van der Waals surface area contributed by atoms with Crippen molar-refractivity contribution in [3.8, 4) is 11.1 Å². The Balaban J connectivity index is 1.36. The van der Waals surface area contributed by atoms with Gasteiger partial charge in [0.05, 0.1) is 39.5 Å². The first-order chi connectivity index (χ1) is 14.3. The number of rotatable bonds is 13. The molecule has 2 N–H and O–H groups in total. The molecule has 0 saturated heterocycles. The van der Waals surface area contributed by atoms with Crippen LogP contribution in [0.2, 0.25) is 0 Å². The van der Waals surface area contributed by atoms with E-state index in [1.54, 1.807) is 6.20 Å². The number of hydrogen-bond donors (Lipinski definition) is 2. The molecule has 1 amide bonds. The highest BCUT2D eigenvalue weighted by Crippen LogP contribution is 2.29. The Bertz CT molecular complexity index is 797. The first kappa shape index (κ1) is 21.2. The van der Waals surface area contributed by atoms with E-state index < -0.39 is 0 Å². The fourth-order valence-electron chi connectivity index (χ4n) is 3.05. The lowest BCUT2D eigenvalue weighted by atomic mass is 10.0. The van der Waals surface area contributed by atoms with Crippen molar-refractivity contribution in [2.75, 3.05) is 56.8 Å². The van der Waals surface area contributed by atoms with Crippen molar-refractivity contribution in [2.45, 2.75) is 19.8 Å². The third-order valence-electron chi connectivity index (χ3n) is 4.47. The molecule has 0 atom stereocenters. The van der Waals surface area contributed by atoms with Crippen LogP contribution < -0.4 is 10.6 Å². The van der Waals surface area contributed by atoms with Crippen molar-refractivity contribution in [1.82, 2.24) is 4.98 Å². The molecule has 1 aromatic carbocycles. The quantitative estimate of drug-likeness (QED) is 0.504. The molecule has 7 heteroatoms. The van der Waals surface area contributed by atoms with Gasteiger partial charge in [0.15, 0.2) is 0 Å². The lowest BCUT2D eigenvalue weighted by molar-refractivity contribution is -0.115. The fourth-order valence-corrected chi connectivity index (χ4v) is 3.05. The van der Waals surface area contributed by atoms with E-state index in [0.717, 1.165) is 41.2 Å². The maximum atomic E-state index is 11.5. The molecular formula is C22H29N3O4. The van der Waals surface area contributed by atoms with Crippen molar-refractivity contribution in [3.63, 3.8) is 0 Å². The summed E-state index contributed by atoms with van der Waals surface area (Å²) in [5.74, 6) is 0.842. The number of aromatic nitrogens is 1. The molecule has 0 radical (unpaired) electrons. The molecule has 3 rings (SSSR count). The van der Waals surface area contributed by atoms with Crippen LogP contribution in [0.4, 0.5) is 11.5 Å². The number of nitrogens with one attached hydrogen (secondary N) is 2. The molecule has 1 aromatic heterocycles. The van der Waals surface area contributed by atoms with E-state index in [0.29, 0.717) is 46.0 Å². The summed E-state index contributed by atoms with van der Waals surface area (Å²) in [7, 11) is 0. The number of benzene rings is 1. The molecule has 0 fully saturated rings. The van der Waals surface area contributed by atoms with Crippen LogP contribution in [-0.4, -0.2) is 57.1 Å². The van der Waals surface area contributed by atoms with Crippen LogP contribution in [0.1, 0.15) is 18.9 Å². The SMILES string of the molecule is CCCOCCOCCOCCNc1cc(-c2ccc3c(c2)CC(=O)N3)ccn1. The Labute approximate surface area is 171 Å². The second-order valence-electron chi connectivity index (χ2n) is 6.79. The summed E-state index contributed by atoms with van der Waals surface area (Å²) in [6.07, 6.45) is 3.25. The molecule has 2 aromatic rings. The Hall–Kier alpha value is -2.48. The highest BCUT2D eigenvalue weighted by Gasteiger charge is 2.17. The fraction of sp³-hybridized carbons (Fsp3) is 0.455. The summed E-state index contributed by atoms with van der Waals surface area (Å²) < 4.78 is 16.3. The van der Waals surface area contributed by atoms with Crippen LogP contribution in [0.5, 0.6) is 0 Å². The van der Waals surface area contributed by atoms with Gasteiger partial charge in [-0.3, -0.25) is 4.79 Å². The topological polar surface area (TPSA) is 81.7 Å². The predicted octanol–water partition coefficient (Wildman–Crippen LogP) is 3.11. The maximum Gasteiger partial charge on any atom is 0.228 e. The highest BCUT2D eigenvalue weighted by molar-refractivity contribution is 5.99. The van der Waals surface area contributed by atoms with Gasteiger partial charge in [-0.1, -0.05) is 13.0 Å². The number of amides is 1. The van der Waals surface area contributed by atoms with Gasteiger partial charge in [-0.05, 0) is 47.4 Å². The molecule has 0 saturated carbocycles. The van der Waals surface area contributed by atoms with Gasteiger partial charge in [-0.15, -0.1) is 0 Å². The number of carbonyl (C=O) groups excluding carboxylic acids is 1. The van der Waals surface area contributed by atoms with Gasteiger partial charge in [-0.25, -0.2) is 4.98 Å². The highest BCUT2D eigenvalue weighted by atomic mass is 16.5. The standard InChI is InChI=1S/C22H29N3O4/c1-2-8-27-10-12-29-13-11-28-9-7-24-21-15-18(5-6-23-21)17-3-4-20-19(14-17)16-22(26)25-20/h3-6,14-15H,2,7-13,16H2,1H3,(H,23,24)(H,25,26). The Morgan fingerprint density at radius 2 is 1.69 bits per heavy atom. The number of fused-ring (bicyclic) bond motifs is 1. The van der Waals surface area contributed by atoms with E-state index in [2.05, 4.69) is 28.6 Å². The van der Waals surface area contributed by atoms with E-state index >= 15 is 0 Å². The van der Waals surface area contributed by atoms with Gasteiger partial charge in [0.25, 0.3) is 0 Å². The largest absolute Gasteiger partial charge is 0.379 e. The molecule has 1 aliphatic rings. The average molecular weight is 399 g/mol. The van der Waals surface area contributed by atoms with Crippen LogP contribution in [0, 0.1) is 0 Å². The summed E-state index contributed by atoms with van der Waals surface area (Å²) in [4.78, 5) is 15.9. The minimum Gasteiger partial charge on any atom is -0.379 e. The molecule has 7 nitrogen and oxygen atoms in total. The second-order valence-corrected chi connectivity index (χ2v) is 6.79. The van der Waals surface area contributed by atoms with Crippen LogP contribution >= 0.6 is 0 Å². The summed E-state index contributed by atoms with van der Waals surface area (Å²) >= 11 is 0. The lowest BCUT2D eigenvalue weighted by Crippen LogP contribution is -2.14. The van der Waals surface area contributed by atoms with Crippen LogP contribution in [0.3, 0.4) is 0 Å². The zero-order chi connectivity index (χ0) is 20.3. The van der Waals surface area contributed by atoms with Gasteiger partial charge in [0.2, 0.25) is 5.91 Å². The summed E-state index contributed by atoms with van der Waals surface area (Å²) in [6.45, 7) is 6.48. The second kappa shape index (κ2) is 11.5. The number of anilines is 2. The number of carbonyl (C=O) groups is 1. The molecule has 1 aliphatic heterocycles. The molecule has 29 heavy (non-hydrogen) atoms. The molecule has 0 bridgehead atoms. The van der Waals surface area contributed by atoms with Crippen LogP contribution in [0.15, 0.2) is 36.5 Å². The van der Waals surface area contributed by atoms with Crippen LogP contribution in [0.25, 0.3) is 11.1 Å². The van der Waals surface area contributed by atoms with Gasteiger partial charge in [-0.2, -0.15) is 0 Å². The van der Waals surface area contributed by atoms with E-state index in [1.165, 1.54) is 0 Å².